The van der Waals surface area contributed by atoms with Crippen molar-refractivity contribution >= 4 is 29.1 Å². The third-order valence-electron chi connectivity index (χ3n) is 6.71. The number of carbonyl (C=O) groups is 3. The summed E-state index contributed by atoms with van der Waals surface area (Å²) in [5, 5.41) is 11.4. The van der Waals surface area contributed by atoms with E-state index in [1.54, 1.807) is 49.4 Å². The molecule has 0 saturated carbocycles. The Labute approximate surface area is 228 Å². The second kappa shape index (κ2) is 12.4. The lowest BCUT2D eigenvalue weighted by Crippen LogP contribution is -2.30. The summed E-state index contributed by atoms with van der Waals surface area (Å²) in [4.78, 5) is 40.7. The van der Waals surface area contributed by atoms with Crippen LogP contribution in [0.1, 0.15) is 66.2 Å². The van der Waals surface area contributed by atoms with E-state index in [0.29, 0.717) is 29.2 Å². The molecule has 1 heterocycles. The third kappa shape index (κ3) is 5.87. The van der Waals surface area contributed by atoms with Gasteiger partial charge >= 0.3 is 5.97 Å². The number of amides is 1. The molecule has 0 radical (unpaired) electrons. The number of aliphatic hydroxyl groups is 1. The fourth-order valence-electron chi connectivity index (χ4n) is 4.69. The second-order valence-corrected chi connectivity index (χ2v) is 9.38. The summed E-state index contributed by atoms with van der Waals surface area (Å²) < 4.78 is 10.9. The predicted molar refractivity (Wildman–Crippen MR) is 150 cm³/mol. The highest BCUT2D eigenvalue weighted by atomic mass is 16.5. The monoisotopic (exact) mass is 527 g/mol. The number of nitrogens with zero attached hydrogens (tertiary/aromatic N) is 1. The maximum absolute atomic E-state index is 13.5. The van der Waals surface area contributed by atoms with Gasteiger partial charge in [0.2, 0.25) is 0 Å². The van der Waals surface area contributed by atoms with Gasteiger partial charge in [0.1, 0.15) is 11.5 Å². The van der Waals surface area contributed by atoms with Crippen LogP contribution in [0.25, 0.3) is 5.76 Å². The van der Waals surface area contributed by atoms with Crippen molar-refractivity contribution in [3.05, 3.63) is 101 Å². The average Bonchev–Trinajstić information content (AvgIpc) is 3.21. The van der Waals surface area contributed by atoms with Crippen molar-refractivity contribution in [2.75, 3.05) is 18.1 Å². The molecule has 4 rings (SSSR count). The molecule has 1 fully saturated rings. The maximum Gasteiger partial charge on any atom is 0.338 e. The van der Waals surface area contributed by atoms with E-state index in [2.05, 4.69) is 6.92 Å². The van der Waals surface area contributed by atoms with E-state index in [1.807, 2.05) is 31.2 Å². The summed E-state index contributed by atoms with van der Waals surface area (Å²) >= 11 is 0. The topological polar surface area (TPSA) is 93.1 Å². The van der Waals surface area contributed by atoms with Crippen molar-refractivity contribution < 1.29 is 29.0 Å². The molecule has 7 heteroatoms. The van der Waals surface area contributed by atoms with Crippen LogP contribution >= 0.6 is 0 Å². The lowest BCUT2D eigenvalue weighted by molar-refractivity contribution is -0.132. The second-order valence-electron chi connectivity index (χ2n) is 9.38. The van der Waals surface area contributed by atoms with Crippen molar-refractivity contribution in [2.45, 2.75) is 46.1 Å². The van der Waals surface area contributed by atoms with Crippen LogP contribution in [-0.4, -0.2) is 36.0 Å². The van der Waals surface area contributed by atoms with E-state index in [4.69, 9.17) is 9.47 Å². The van der Waals surface area contributed by atoms with Gasteiger partial charge in [-0.25, -0.2) is 4.79 Å². The number of Topliss-reactive ketones (excluding diaryl/α,β-unsaturated/α-hetero) is 1. The number of hydrogen-bond acceptors (Lipinski definition) is 6. The van der Waals surface area contributed by atoms with Crippen molar-refractivity contribution in [1.29, 1.82) is 0 Å². The normalized spacial score (nSPS) is 16.4. The zero-order valence-electron chi connectivity index (χ0n) is 22.5. The van der Waals surface area contributed by atoms with E-state index in [9.17, 15) is 19.5 Å². The van der Waals surface area contributed by atoms with Crippen LogP contribution in [0.2, 0.25) is 0 Å². The Morgan fingerprint density at radius 1 is 0.923 bits per heavy atom. The van der Waals surface area contributed by atoms with Gasteiger partial charge in [-0.15, -0.1) is 0 Å². The van der Waals surface area contributed by atoms with Crippen LogP contribution in [0.15, 0.2) is 78.4 Å². The van der Waals surface area contributed by atoms with E-state index in [1.165, 1.54) is 11.0 Å². The quantitative estimate of drug-likeness (QED) is 0.108. The van der Waals surface area contributed by atoms with E-state index in [-0.39, 0.29) is 23.5 Å². The van der Waals surface area contributed by atoms with Gasteiger partial charge in [-0.2, -0.15) is 0 Å². The minimum absolute atomic E-state index is 0.0209. The number of rotatable bonds is 10. The number of benzene rings is 3. The number of aryl methyl sites for hydroxylation is 1. The van der Waals surface area contributed by atoms with Gasteiger partial charge in [0.25, 0.3) is 11.7 Å². The van der Waals surface area contributed by atoms with E-state index < -0.39 is 23.7 Å². The number of ketones is 1. The van der Waals surface area contributed by atoms with E-state index >= 15 is 0 Å². The number of hydrogen-bond donors (Lipinski definition) is 1. The van der Waals surface area contributed by atoms with Gasteiger partial charge in [0.05, 0.1) is 30.4 Å². The number of carbonyl (C=O) groups excluding carboxylic acids is 3. The van der Waals surface area contributed by atoms with Gasteiger partial charge in [0.15, 0.2) is 0 Å². The number of ether oxygens (including phenoxy) is 2. The Balaban J connectivity index is 1.78. The van der Waals surface area contributed by atoms with Gasteiger partial charge < -0.3 is 14.6 Å². The first-order valence-electron chi connectivity index (χ1n) is 13.2. The molecule has 1 saturated heterocycles. The average molecular weight is 528 g/mol. The molecule has 202 valence electrons. The standard InChI is InChI=1S/C32H33NO6/c1-4-6-9-19-39-25-17-15-22(16-18-25)29(34)27-28(26-14-8-7-11-21(26)3)33(31(36)30(27)35)24-13-10-12-23(20-24)32(37)38-5-2/h7-8,10-18,20,28,34H,4-6,9,19H2,1-3H3/b29-27+. The van der Waals surface area contributed by atoms with Crippen molar-refractivity contribution in [2.24, 2.45) is 0 Å². The Kier molecular flexibility index (Phi) is 8.81. The molecule has 1 N–H and O–H groups in total. The van der Waals surface area contributed by atoms with Gasteiger partial charge in [0, 0.05) is 11.3 Å². The SMILES string of the molecule is CCCCCOc1ccc(/C(O)=C2\C(=O)C(=O)N(c3cccc(C(=O)OCC)c3)C2c2ccccc2C)cc1. The Morgan fingerprint density at radius 2 is 1.67 bits per heavy atom. The van der Waals surface area contributed by atoms with Crippen LogP contribution in [0.4, 0.5) is 5.69 Å². The Morgan fingerprint density at radius 3 is 2.36 bits per heavy atom. The van der Waals surface area contributed by atoms with Crippen LogP contribution in [0.3, 0.4) is 0 Å². The molecule has 39 heavy (non-hydrogen) atoms. The fourth-order valence-corrected chi connectivity index (χ4v) is 4.69. The fraction of sp³-hybridized carbons (Fsp3) is 0.281. The van der Waals surface area contributed by atoms with Gasteiger partial charge in [-0.1, -0.05) is 50.1 Å². The summed E-state index contributed by atoms with van der Waals surface area (Å²) in [5.74, 6) is -1.73. The van der Waals surface area contributed by atoms with E-state index in [0.717, 1.165) is 24.8 Å². The molecule has 1 aliphatic heterocycles. The lowest BCUT2D eigenvalue weighted by Gasteiger charge is -2.27. The number of esters is 1. The molecule has 0 aromatic heterocycles. The van der Waals surface area contributed by atoms with Crippen LogP contribution < -0.4 is 9.64 Å². The van der Waals surface area contributed by atoms with Crippen molar-refractivity contribution in [3.8, 4) is 5.75 Å². The zero-order valence-corrected chi connectivity index (χ0v) is 22.5. The summed E-state index contributed by atoms with van der Waals surface area (Å²) in [6.07, 6.45) is 3.14. The summed E-state index contributed by atoms with van der Waals surface area (Å²) in [6.45, 7) is 6.53. The van der Waals surface area contributed by atoms with Crippen LogP contribution in [0, 0.1) is 6.92 Å². The highest BCUT2D eigenvalue weighted by Crippen LogP contribution is 2.43. The smallest absolute Gasteiger partial charge is 0.338 e. The number of anilines is 1. The first kappa shape index (κ1) is 27.6. The number of unbranched alkanes of at least 4 members (excludes halogenated alkanes) is 2. The van der Waals surface area contributed by atoms with Crippen molar-refractivity contribution in [3.63, 3.8) is 0 Å². The molecular weight excluding hydrogens is 494 g/mol. The molecule has 1 atom stereocenters. The molecule has 7 nitrogen and oxygen atoms in total. The molecule has 1 amide bonds. The Hall–Kier alpha value is -4.39. The molecular formula is C32H33NO6. The number of aliphatic hydroxyl groups excluding tert-OH is 1. The van der Waals surface area contributed by atoms with Crippen LogP contribution in [0.5, 0.6) is 5.75 Å². The molecule has 3 aromatic rings. The zero-order chi connectivity index (χ0) is 27.9. The van der Waals surface area contributed by atoms with Crippen LogP contribution in [-0.2, 0) is 14.3 Å². The first-order chi connectivity index (χ1) is 18.9. The maximum atomic E-state index is 13.5. The molecule has 0 spiro atoms. The third-order valence-corrected chi connectivity index (χ3v) is 6.71. The summed E-state index contributed by atoms with van der Waals surface area (Å²) in [5.41, 5.74) is 2.52. The molecule has 1 aliphatic rings. The minimum Gasteiger partial charge on any atom is -0.507 e. The Bertz CT molecular complexity index is 1390. The highest BCUT2D eigenvalue weighted by molar-refractivity contribution is 6.51. The summed E-state index contributed by atoms with van der Waals surface area (Å²) in [6, 6.07) is 19.7. The molecule has 3 aromatic carbocycles. The highest BCUT2D eigenvalue weighted by Gasteiger charge is 2.47. The molecule has 0 aliphatic carbocycles. The molecule has 1 unspecified atom stereocenters. The minimum atomic E-state index is -0.895. The summed E-state index contributed by atoms with van der Waals surface area (Å²) in [7, 11) is 0. The molecule has 0 bridgehead atoms. The van der Waals surface area contributed by atoms with Crippen molar-refractivity contribution in [1.82, 2.24) is 0 Å². The van der Waals surface area contributed by atoms with Gasteiger partial charge in [-0.3, -0.25) is 14.5 Å². The first-order valence-corrected chi connectivity index (χ1v) is 13.2. The largest absolute Gasteiger partial charge is 0.507 e. The van der Waals surface area contributed by atoms with Gasteiger partial charge in [-0.05, 0) is 73.9 Å². The lowest BCUT2D eigenvalue weighted by atomic mass is 9.92. The predicted octanol–water partition coefficient (Wildman–Crippen LogP) is 6.37.